The van der Waals surface area contributed by atoms with Crippen molar-refractivity contribution < 1.29 is 19.0 Å². The van der Waals surface area contributed by atoms with Gasteiger partial charge in [0.05, 0.1) is 14.2 Å². The quantitative estimate of drug-likeness (QED) is 0.616. The Kier molecular flexibility index (Phi) is 7.81. The Morgan fingerprint density at radius 3 is 2.56 bits per heavy atom. The first-order valence-corrected chi connectivity index (χ1v) is 8.65. The maximum Gasteiger partial charge on any atom is 0.270 e. The van der Waals surface area contributed by atoms with Crippen molar-refractivity contribution in [2.45, 2.75) is 19.9 Å². The normalized spacial score (nSPS) is 10.4. The summed E-state index contributed by atoms with van der Waals surface area (Å²) >= 11 is 0. The number of nitrogens with one attached hydrogen (secondary N) is 2. The molecule has 0 saturated heterocycles. The SMILES string of the molecule is COCCCNC(=O)c1cc(NCc2ccc(OC)c(OC)c2)nc(C)n1. The number of aromatic nitrogens is 2. The summed E-state index contributed by atoms with van der Waals surface area (Å²) in [6.45, 7) is 3.40. The van der Waals surface area contributed by atoms with Crippen LogP contribution in [0.3, 0.4) is 0 Å². The van der Waals surface area contributed by atoms with Gasteiger partial charge < -0.3 is 24.8 Å². The third-order valence-electron chi connectivity index (χ3n) is 3.80. The van der Waals surface area contributed by atoms with Crippen molar-refractivity contribution in [3.63, 3.8) is 0 Å². The van der Waals surface area contributed by atoms with Crippen molar-refractivity contribution in [1.82, 2.24) is 15.3 Å². The summed E-state index contributed by atoms with van der Waals surface area (Å²) in [6, 6.07) is 7.31. The summed E-state index contributed by atoms with van der Waals surface area (Å²) in [5.41, 5.74) is 1.32. The molecule has 0 aliphatic rings. The second-order valence-corrected chi connectivity index (χ2v) is 5.83. The number of anilines is 1. The van der Waals surface area contributed by atoms with Gasteiger partial charge in [0.2, 0.25) is 0 Å². The van der Waals surface area contributed by atoms with E-state index in [4.69, 9.17) is 14.2 Å². The number of amides is 1. The minimum absolute atomic E-state index is 0.231. The lowest BCUT2D eigenvalue weighted by molar-refractivity contribution is 0.0943. The zero-order valence-corrected chi connectivity index (χ0v) is 16.2. The van der Waals surface area contributed by atoms with Gasteiger partial charge in [0.1, 0.15) is 17.3 Å². The highest BCUT2D eigenvalue weighted by Gasteiger charge is 2.10. The van der Waals surface area contributed by atoms with E-state index in [1.165, 1.54) is 0 Å². The summed E-state index contributed by atoms with van der Waals surface area (Å²) in [4.78, 5) is 20.8. The van der Waals surface area contributed by atoms with Crippen molar-refractivity contribution in [3.05, 3.63) is 41.3 Å². The number of nitrogens with zero attached hydrogens (tertiary/aromatic N) is 2. The van der Waals surface area contributed by atoms with E-state index in [9.17, 15) is 4.79 Å². The van der Waals surface area contributed by atoms with E-state index in [1.807, 2.05) is 18.2 Å². The van der Waals surface area contributed by atoms with Crippen LogP contribution in [0.15, 0.2) is 24.3 Å². The van der Waals surface area contributed by atoms with Crippen LogP contribution in [0.1, 0.15) is 28.3 Å². The number of ether oxygens (including phenoxy) is 3. The van der Waals surface area contributed by atoms with E-state index >= 15 is 0 Å². The molecule has 1 heterocycles. The number of hydrogen-bond donors (Lipinski definition) is 2. The molecule has 0 saturated carbocycles. The van der Waals surface area contributed by atoms with Gasteiger partial charge in [-0.15, -0.1) is 0 Å². The highest BCUT2D eigenvalue weighted by atomic mass is 16.5. The largest absolute Gasteiger partial charge is 0.493 e. The molecular formula is C19H26N4O4. The fourth-order valence-electron chi connectivity index (χ4n) is 2.47. The molecule has 8 heteroatoms. The topological polar surface area (TPSA) is 94.6 Å². The smallest absolute Gasteiger partial charge is 0.270 e. The Morgan fingerprint density at radius 2 is 1.85 bits per heavy atom. The fourth-order valence-corrected chi connectivity index (χ4v) is 2.47. The lowest BCUT2D eigenvalue weighted by Crippen LogP contribution is -2.26. The number of aryl methyl sites for hydroxylation is 1. The number of carbonyl (C=O) groups is 1. The zero-order chi connectivity index (χ0) is 19.6. The van der Waals surface area contributed by atoms with Crippen LogP contribution < -0.4 is 20.1 Å². The molecular weight excluding hydrogens is 348 g/mol. The van der Waals surface area contributed by atoms with Crippen LogP contribution in [0.5, 0.6) is 11.5 Å². The third kappa shape index (κ3) is 6.10. The van der Waals surface area contributed by atoms with Crippen LogP contribution in [0.2, 0.25) is 0 Å². The first kappa shape index (κ1) is 20.4. The van der Waals surface area contributed by atoms with E-state index in [0.717, 1.165) is 12.0 Å². The van der Waals surface area contributed by atoms with E-state index in [2.05, 4.69) is 20.6 Å². The van der Waals surface area contributed by atoms with Gasteiger partial charge in [-0.2, -0.15) is 0 Å². The lowest BCUT2D eigenvalue weighted by Gasteiger charge is -2.11. The Hall–Kier alpha value is -2.87. The Balaban J connectivity index is 2.02. The van der Waals surface area contributed by atoms with Crippen LogP contribution >= 0.6 is 0 Å². The number of hydrogen-bond acceptors (Lipinski definition) is 7. The second-order valence-electron chi connectivity index (χ2n) is 5.83. The maximum atomic E-state index is 12.2. The molecule has 0 spiro atoms. The van der Waals surface area contributed by atoms with Gasteiger partial charge in [-0.1, -0.05) is 6.07 Å². The summed E-state index contributed by atoms with van der Waals surface area (Å²) < 4.78 is 15.5. The number of benzene rings is 1. The van der Waals surface area contributed by atoms with Crippen molar-refractivity contribution >= 4 is 11.7 Å². The van der Waals surface area contributed by atoms with Gasteiger partial charge in [-0.3, -0.25) is 4.79 Å². The molecule has 2 N–H and O–H groups in total. The van der Waals surface area contributed by atoms with Crippen molar-refractivity contribution in [2.24, 2.45) is 0 Å². The van der Waals surface area contributed by atoms with Gasteiger partial charge in [0.15, 0.2) is 11.5 Å². The number of carbonyl (C=O) groups excluding carboxylic acids is 1. The average Bonchev–Trinajstić information content (AvgIpc) is 2.68. The highest BCUT2D eigenvalue weighted by Crippen LogP contribution is 2.27. The molecule has 0 unspecified atom stereocenters. The summed E-state index contributed by atoms with van der Waals surface area (Å²) in [5, 5.41) is 6.04. The van der Waals surface area contributed by atoms with Crippen molar-refractivity contribution in [3.8, 4) is 11.5 Å². The molecule has 2 aromatic rings. The molecule has 1 amide bonds. The minimum atomic E-state index is -0.231. The average molecular weight is 374 g/mol. The van der Waals surface area contributed by atoms with Crippen molar-refractivity contribution in [2.75, 3.05) is 39.8 Å². The molecule has 1 aromatic heterocycles. The molecule has 2 rings (SSSR count). The van der Waals surface area contributed by atoms with E-state index in [-0.39, 0.29) is 5.91 Å². The summed E-state index contributed by atoms with van der Waals surface area (Å²) in [5.74, 6) is 2.21. The van der Waals surface area contributed by atoms with Gasteiger partial charge >= 0.3 is 0 Å². The molecule has 0 atom stereocenters. The molecule has 27 heavy (non-hydrogen) atoms. The predicted octanol–water partition coefficient (Wildman–Crippen LogP) is 2.18. The van der Waals surface area contributed by atoms with E-state index < -0.39 is 0 Å². The summed E-state index contributed by atoms with van der Waals surface area (Å²) in [7, 11) is 4.83. The first-order valence-electron chi connectivity index (χ1n) is 8.65. The molecule has 0 radical (unpaired) electrons. The fraction of sp³-hybridized carbons (Fsp3) is 0.421. The summed E-state index contributed by atoms with van der Waals surface area (Å²) in [6.07, 6.45) is 0.747. The van der Waals surface area contributed by atoms with Gasteiger partial charge in [0, 0.05) is 32.9 Å². The third-order valence-corrected chi connectivity index (χ3v) is 3.80. The van der Waals surface area contributed by atoms with Crippen LogP contribution in [-0.2, 0) is 11.3 Å². The monoisotopic (exact) mass is 374 g/mol. The van der Waals surface area contributed by atoms with Gasteiger partial charge in [0.25, 0.3) is 5.91 Å². The molecule has 0 fully saturated rings. The van der Waals surface area contributed by atoms with Gasteiger partial charge in [-0.25, -0.2) is 9.97 Å². The molecule has 0 aliphatic heterocycles. The molecule has 0 bridgehead atoms. The number of methoxy groups -OCH3 is 3. The molecule has 1 aromatic carbocycles. The maximum absolute atomic E-state index is 12.2. The predicted molar refractivity (Wildman–Crippen MR) is 102 cm³/mol. The Labute approximate surface area is 159 Å². The highest BCUT2D eigenvalue weighted by molar-refractivity contribution is 5.92. The van der Waals surface area contributed by atoms with E-state index in [0.29, 0.717) is 48.5 Å². The Morgan fingerprint density at radius 1 is 1.07 bits per heavy atom. The van der Waals surface area contributed by atoms with Gasteiger partial charge in [-0.05, 0) is 31.0 Å². The molecule has 0 aliphatic carbocycles. The Bertz CT molecular complexity index is 767. The van der Waals surface area contributed by atoms with E-state index in [1.54, 1.807) is 34.3 Å². The van der Waals surface area contributed by atoms with Crippen LogP contribution in [0.4, 0.5) is 5.82 Å². The molecule has 8 nitrogen and oxygen atoms in total. The van der Waals surface area contributed by atoms with Crippen molar-refractivity contribution in [1.29, 1.82) is 0 Å². The van der Waals surface area contributed by atoms with Crippen LogP contribution in [0.25, 0.3) is 0 Å². The lowest BCUT2D eigenvalue weighted by atomic mass is 10.2. The first-order chi connectivity index (χ1) is 13.1. The molecule has 146 valence electrons. The second kappa shape index (κ2) is 10.3. The van der Waals surface area contributed by atoms with Crippen LogP contribution in [-0.4, -0.2) is 50.4 Å². The minimum Gasteiger partial charge on any atom is -0.493 e. The zero-order valence-electron chi connectivity index (χ0n) is 16.2. The standard InChI is InChI=1S/C19H26N4O4/c1-13-22-15(19(24)20-8-5-9-25-2)11-18(23-13)21-12-14-6-7-16(26-3)17(10-14)27-4/h6-7,10-11H,5,8-9,12H2,1-4H3,(H,20,24)(H,21,22,23). The van der Waals surface area contributed by atoms with Crippen LogP contribution in [0, 0.1) is 6.92 Å². The number of rotatable bonds is 10.